The molecule has 5 heteroatoms. The van der Waals surface area contributed by atoms with Crippen LogP contribution in [0, 0.1) is 11.3 Å². The summed E-state index contributed by atoms with van der Waals surface area (Å²) >= 11 is 0. The summed E-state index contributed by atoms with van der Waals surface area (Å²) < 4.78 is 27.4. The highest BCUT2D eigenvalue weighted by Crippen LogP contribution is 2.26. The van der Waals surface area contributed by atoms with Crippen molar-refractivity contribution in [3.63, 3.8) is 0 Å². The molecule has 21 heavy (non-hydrogen) atoms. The summed E-state index contributed by atoms with van der Waals surface area (Å²) in [6.45, 7) is 0. The Bertz CT molecular complexity index is 836. The third kappa shape index (κ3) is 2.63. The van der Waals surface area contributed by atoms with Gasteiger partial charge in [-0.1, -0.05) is 18.2 Å². The van der Waals surface area contributed by atoms with Gasteiger partial charge >= 0.3 is 0 Å². The molecule has 0 saturated heterocycles. The molecule has 0 radical (unpaired) electrons. The maximum Gasteiger partial charge on any atom is 0.263 e. The number of sulfonamides is 1. The minimum Gasteiger partial charge on any atom is -0.280 e. The van der Waals surface area contributed by atoms with Crippen LogP contribution < -0.4 is 4.72 Å². The van der Waals surface area contributed by atoms with Crippen LogP contribution in [0.5, 0.6) is 0 Å². The summed E-state index contributed by atoms with van der Waals surface area (Å²) in [4.78, 5) is 0.00741. The number of anilines is 1. The number of nitriles is 1. The van der Waals surface area contributed by atoms with E-state index in [0.29, 0.717) is 5.69 Å². The molecule has 2 aromatic rings. The first-order valence-electron chi connectivity index (χ1n) is 6.74. The van der Waals surface area contributed by atoms with Crippen LogP contribution in [-0.4, -0.2) is 8.42 Å². The summed E-state index contributed by atoms with van der Waals surface area (Å²) in [6.07, 6.45) is 3.15. The highest BCUT2D eigenvalue weighted by Gasteiger charge is 2.19. The fourth-order valence-electron chi connectivity index (χ4n) is 2.64. The van der Waals surface area contributed by atoms with Gasteiger partial charge in [-0.2, -0.15) is 5.26 Å². The number of nitrogens with one attached hydrogen (secondary N) is 1. The van der Waals surface area contributed by atoms with Crippen molar-refractivity contribution >= 4 is 15.7 Å². The quantitative estimate of drug-likeness (QED) is 0.947. The first-order valence-corrected chi connectivity index (χ1v) is 8.22. The average Bonchev–Trinajstić information content (AvgIpc) is 2.94. The number of benzene rings is 2. The number of rotatable bonds is 3. The van der Waals surface area contributed by atoms with Crippen molar-refractivity contribution in [3.05, 3.63) is 59.2 Å². The van der Waals surface area contributed by atoms with Crippen LogP contribution in [0.25, 0.3) is 0 Å². The van der Waals surface area contributed by atoms with Crippen molar-refractivity contribution in [2.75, 3.05) is 4.72 Å². The number of hydrogen-bond acceptors (Lipinski definition) is 3. The van der Waals surface area contributed by atoms with Crippen LogP contribution in [0.1, 0.15) is 23.1 Å². The Morgan fingerprint density at radius 1 is 1.05 bits per heavy atom. The van der Waals surface area contributed by atoms with Crippen molar-refractivity contribution in [1.82, 2.24) is 0 Å². The molecule has 0 fully saturated rings. The van der Waals surface area contributed by atoms with Gasteiger partial charge in [-0.05, 0) is 54.7 Å². The van der Waals surface area contributed by atoms with Gasteiger partial charge in [0.1, 0.15) is 11.0 Å². The monoisotopic (exact) mass is 298 g/mol. The number of nitrogens with zero attached hydrogens (tertiary/aromatic N) is 1. The van der Waals surface area contributed by atoms with E-state index in [1.54, 1.807) is 18.2 Å². The zero-order chi connectivity index (χ0) is 14.9. The fraction of sp³-hybridized carbons (Fsp3) is 0.188. The largest absolute Gasteiger partial charge is 0.280 e. The molecule has 0 saturated carbocycles. The lowest BCUT2D eigenvalue weighted by Crippen LogP contribution is -2.14. The Kier molecular flexibility index (Phi) is 3.40. The smallest absolute Gasteiger partial charge is 0.263 e. The lowest BCUT2D eigenvalue weighted by Gasteiger charge is -2.10. The van der Waals surface area contributed by atoms with Gasteiger partial charge in [0.05, 0.1) is 5.56 Å². The SMILES string of the molecule is N#Cc1ccccc1S(=O)(=O)Nc1ccc2c(c1)CCC2. The molecule has 106 valence electrons. The van der Waals surface area contributed by atoms with Gasteiger partial charge in [0.15, 0.2) is 0 Å². The summed E-state index contributed by atoms with van der Waals surface area (Å²) in [5.41, 5.74) is 3.17. The molecule has 1 aliphatic rings. The second-order valence-electron chi connectivity index (χ2n) is 5.05. The van der Waals surface area contributed by atoms with Crippen LogP contribution in [0.3, 0.4) is 0 Å². The Hall–Kier alpha value is -2.32. The third-order valence-corrected chi connectivity index (χ3v) is 5.09. The summed E-state index contributed by atoms with van der Waals surface area (Å²) in [5, 5.41) is 9.03. The molecule has 0 heterocycles. The molecule has 1 N–H and O–H groups in total. The van der Waals surface area contributed by atoms with Crippen molar-refractivity contribution in [3.8, 4) is 6.07 Å². The fourth-order valence-corrected chi connectivity index (χ4v) is 3.85. The van der Waals surface area contributed by atoms with Crippen molar-refractivity contribution < 1.29 is 8.42 Å². The van der Waals surface area contributed by atoms with Crippen molar-refractivity contribution in [1.29, 1.82) is 5.26 Å². The molecular formula is C16H14N2O2S. The van der Waals surface area contributed by atoms with Gasteiger partial charge < -0.3 is 0 Å². The van der Waals surface area contributed by atoms with Crippen LogP contribution in [0.4, 0.5) is 5.69 Å². The lowest BCUT2D eigenvalue weighted by molar-refractivity contribution is 0.601. The number of fused-ring (bicyclic) bond motifs is 1. The van der Waals surface area contributed by atoms with E-state index in [0.717, 1.165) is 19.3 Å². The standard InChI is InChI=1S/C16H14N2O2S/c17-11-14-4-1-2-7-16(14)21(19,20)18-15-9-8-12-5-3-6-13(12)10-15/h1-2,4,7-10,18H,3,5-6H2. The van der Waals surface area contributed by atoms with Gasteiger partial charge in [-0.15, -0.1) is 0 Å². The minimum atomic E-state index is -3.75. The van der Waals surface area contributed by atoms with Crippen LogP contribution >= 0.6 is 0 Å². The van der Waals surface area contributed by atoms with E-state index in [-0.39, 0.29) is 10.5 Å². The van der Waals surface area contributed by atoms with Gasteiger partial charge in [0.2, 0.25) is 0 Å². The van der Waals surface area contributed by atoms with Crippen molar-refractivity contribution in [2.45, 2.75) is 24.2 Å². The third-order valence-electron chi connectivity index (χ3n) is 3.65. The number of aryl methyl sites for hydroxylation is 2. The average molecular weight is 298 g/mol. The molecule has 0 aliphatic heterocycles. The van der Waals surface area contributed by atoms with Crippen LogP contribution in [0.2, 0.25) is 0 Å². The van der Waals surface area contributed by atoms with Gasteiger partial charge in [0.25, 0.3) is 10.0 Å². The molecule has 0 aromatic heterocycles. The molecule has 0 unspecified atom stereocenters. The molecule has 2 aromatic carbocycles. The van der Waals surface area contributed by atoms with Crippen LogP contribution in [-0.2, 0) is 22.9 Å². The molecule has 4 nitrogen and oxygen atoms in total. The van der Waals surface area contributed by atoms with E-state index in [4.69, 9.17) is 5.26 Å². The summed E-state index contributed by atoms with van der Waals surface area (Å²) in [5.74, 6) is 0. The van der Waals surface area contributed by atoms with Crippen LogP contribution in [0.15, 0.2) is 47.4 Å². The maximum atomic E-state index is 12.4. The Morgan fingerprint density at radius 2 is 1.81 bits per heavy atom. The summed E-state index contributed by atoms with van der Waals surface area (Å²) in [6, 6.07) is 13.7. The predicted molar refractivity (Wildman–Crippen MR) is 80.4 cm³/mol. The van der Waals surface area contributed by atoms with Gasteiger partial charge in [-0.3, -0.25) is 4.72 Å². The van der Waals surface area contributed by atoms with E-state index < -0.39 is 10.0 Å². The normalized spacial score (nSPS) is 13.5. The molecule has 1 aliphatic carbocycles. The second kappa shape index (κ2) is 5.23. The molecular weight excluding hydrogens is 284 g/mol. The zero-order valence-corrected chi connectivity index (χ0v) is 12.2. The lowest BCUT2D eigenvalue weighted by atomic mass is 10.1. The van der Waals surface area contributed by atoms with E-state index in [1.807, 2.05) is 18.2 Å². The topological polar surface area (TPSA) is 70.0 Å². The van der Waals surface area contributed by atoms with E-state index in [9.17, 15) is 8.42 Å². The Morgan fingerprint density at radius 3 is 2.62 bits per heavy atom. The minimum absolute atomic E-state index is 0.00741. The highest BCUT2D eigenvalue weighted by molar-refractivity contribution is 7.92. The summed E-state index contributed by atoms with van der Waals surface area (Å²) in [7, 11) is -3.75. The first kappa shape index (κ1) is 13.7. The Balaban J connectivity index is 1.95. The van der Waals surface area contributed by atoms with E-state index in [2.05, 4.69) is 4.72 Å². The first-order chi connectivity index (χ1) is 10.1. The Labute approximate surface area is 124 Å². The van der Waals surface area contributed by atoms with Gasteiger partial charge in [0, 0.05) is 5.69 Å². The molecule has 3 rings (SSSR count). The highest BCUT2D eigenvalue weighted by atomic mass is 32.2. The van der Waals surface area contributed by atoms with Gasteiger partial charge in [-0.25, -0.2) is 8.42 Å². The molecule has 0 bridgehead atoms. The van der Waals surface area contributed by atoms with E-state index in [1.165, 1.54) is 23.3 Å². The molecule has 0 spiro atoms. The maximum absolute atomic E-state index is 12.4. The molecule has 0 amide bonds. The predicted octanol–water partition coefficient (Wildman–Crippen LogP) is 2.85. The van der Waals surface area contributed by atoms with E-state index >= 15 is 0 Å². The number of hydrogen-bond donors (Lipinski definition) is 1. The zero-order valence-electron chi connectivity index (χ0n) is 11.3. The second-order valence-corrected chi connectivity index (χ2v) is 6.70. The molecule has 0 atom stereocenters. The van der Waals surface area contributed by atoms with Crippen molar-refractivity contribution in [2.24, 2.45) is 0 Å².